The van der Waals surface area contributed by atoms with Crippen molar-refractivity contribution < 1.29 is 23.8 Å². The highest BCUT2D eigenvalue weighted by molar-refractivity contribution is 5.92. The number of piperidine rings is 1. The van der Waals surface area contributed by atoms with Crippen molar-refractivity contribution in [2.75, 3.05) is 26.2 Å². The van der Waals surface area contributed by atoms with Crippen LogP contribution in [0.5, 0.6) is 11.6 Å². The van der Waals surface area contributed by atoms with Crippen LogP contribution in [0.2, 0.25) is 0 Å². The maximum atomic E-state index is 14.2. The molecule has 6 rings (SSSR count). The van der Waals surface area contributed by atoms with Crippen LogP contribution in [0.1, 0.15) is 60.0 Å². The van der Waals surface area contributed by atoms with Gasteiger partial charge < -0.3 is 19.1 Å². The Hall–Kier alpha value is -4.53. The number of ether oxygens (including phenoxy) is 2. The van der Waals surface area contributed by atoms with Crippen LogP contribution in [0.15, 0.2) is 54.6 Å². The van der Waals surface area contributed by atoms with E-state index in [1.54, 1.807) is 18.2 Å². The molecule has 2 aliphatic heterocycles. The van der Waals surface area contributed by atoms with Crippen LogP contribution in [-0.4, -0.2) is 73.7 Å². The zero-order valence-corrected chi connectivity index (χ0v) is 25.4. The molecule has 0 bridgehead atoms. The lowest BCUT2D eigenvalue weighted by molar-refractivity contribution is 0.0697. The molecular formula is C34H37FN6O4. The normalized spacial score (nSPS) is 17.8. The molecular weight excluding hydrogens is 575 g/mol. The summed E-state index contributed by atoms with van der Waals surface area (Å²) in [5.74, 6) is 0.00877. The molecule has 2 aromatic heterocycles. The fourth-order valence-electron chi connectivity index (χ4n) is 6.36. The van der Waals surface area contributed by atoms with Crippen molar-refractivity contribution in [2.45, 2.75) is 64.4 Å². The standard InChI is InChI=1S/C34H37FN6O4/c1-2-40-14-4-6-26(40)20-41-30-18-24(34(42)43)9-10-29(30)38-32(41)21-39-15-12-27(13-16-39)45-33-7-3-5-25(37-33)22-44-31-11-8-23(19-36)17-28(31)35/h3,5,7-11,17-18,26-27H,2,4,6,12-16,20-22H2,1H3,(H,42,43). The van der Waals surface area contributed by atoms with Crippen LogP contribution in [0.25, 0.3) is 11.0 Å². The summed E-state index contributed by atoms with van der Waals surface area (Å²) in [6.07, 6.45) is 3.97. The molecule has 0 aliphatic carbocycles. The van der Waals surface area contributed by atoms with E-state index in [9.17, 15) is 14.3 Å². The van der Waals surface area contributed by atoms with E-state index in [4.69, 9.17) is 19.7 Å². The van der Waals surface area contributed by atoms with Crippen molar-refractivity contribution >= 4 is 17.0 Å². The number of aromatic carboxylic acids is 1. The number of hydrogen-bond donors (Lipinski definition) is 1. The number of pyridine rings is 1. The molecule has 4 aromatic rings. The van der Waals surface area contributed by atoms with Gasteiger partial charge in [-0.1, -0.05) is 13.0 Å². The van der Waals surface area contributed by atoms with E-state index in [0.29, 0.717) is 24.2 Å². The summed E-state index contributed by atoms with van der Waals surface area (Å²) in [5.41, 5.74) is 2.83. The summed E-state index contributed by atoms with van der Waals surface area (Å²) in [5, 5.41) is 18.5. The van der Waals surface area contributed by atoms with Gasteiger partial charge in [-0.15, -0.1) is 0 Å². The number of nitrogens with zero attached hydrogens (tertiary/aromatic N) is 6. The van der Waals surface area contributed by atoms with Crippen LogP contribution in [-0.2, 0) is 19.7 Å². The summed E-state index contributed by atoms with van der Waals surface area (Å²) < 4.78 is 28.3. The van der Waals surface area contributed by atoms with Crippen molar-refractivity contribution in [2.24, 2.45) is 0 Å². The maximum absolute atomic E-state index is 14.2. The molecule has 4 heterocycles. The number of aromatic nitrogens is 3. The van der Waals surface area contributed by atoms with Crippen LogP contribution in [0.3, 0.4) is 0 Å². The average molecular weight is 613 g/mol. The number of carbonyl (C=O) groups is 1. The minimum Gasteiger partial charge on any atom is -0.484 e. The van der Waals surface area contributed by atoms with E-state index in [1.165, 1.54) is 18.6 Å². The first-order valence-corrected chi connectivity index (χ1v) is 15.5. The number of benzene rings is 2. The lowest BCUT2D eigenvalue weighted by atomic mass is 10.1. The second-order valence-electron chi connectivity index (χ2n) is 11.7. The second-order valence-corrected chi connectivity index (χ2v) is 11.7. The van der Waals surface area contributed by atoms with Gasteiger partial charge in [0.1, 0.15) is 18.5 Å². The average Bonchev–Trinajstić information content (AvgIpc) is 3.65. The molecule has 11 heteroatoms. The van der Waals surface area contributed by atoms with Gasteiger partial charge in [0.05, 0.1) is 40.5 Å². The van der Waals surface area contributed by atoms with Gasteiger partial charge in [-0.25, -0.2) is 19.2 Å². The quantitative estimate of drug-likeness (QED) is 0.243. The fourth-order valence-corrected chi connectivity index (χ4v) is 6.36. The fraction of sp³-hybridized carbons (Fsp3) is 0.412. The molecule has 1 N–H and O–H groups in total. The predicted octanol–water partition coefficient (Wildman–Crippen LogP) is 5.25. The zero-order valence-electron chi connectivity index (χ0n) is 25.4. The zero-order chi connectivity index (χ0) is 31.3. The largest absolute Gasteiger partial charge is 0.484 e. The molecule has 0 spiro atoms. The highest BCUT2D eigenvalue weighted by atomic mass is 19.1. The number of carboxylic acid groups (broad SMARTS) is 1. The van der Waals surface area contributed by atoms with Crippen molar-refractivity contribution in [1.82, 2.24) is 24.3 Å². The lowest BCUT2D eigenvalue weighted by Crippen LogP contribution is -2.39. The molecule has 45 heavy (non-hydrogen) atoms. The van der Waals surface area contributed by atoms with Gasteiger partial charge in [0.15, 0.2) is 11.6 Å². The number of likely N-dealkylation sites (N-methyl/N-ethyl adjacent to an activating group) is 1. The minimum atomic E-state index is -0.933. The van der Waals surface area contributed by atoms with E-state index in [0.717, 1.165) is 74.9 Å². The second kappa shape index (κ2) is 13.6. The van der Waals surface area contributed by atoms with Gasteiger partial charge in [-0.3, -0.25) is 9.80 Å². The van der Waals surface area contributed by atoms with Gasteiger partial charge in [-0.2, -0.15) is 5.26 Å². The number of likely N-dealkylation sites (tertiary alicyclic amines) is 2. The van der Waals surface area contributed by atoms with Gasteiger partial charge in [-0.05, 0) is 81.2 Å². The highest BCUT2D eigenvalue weighted by Gasteiger charge is 2.27. The Labute approximate surface area is 261 Å². The number of halogens is 1. The van der Waals surface area contributed by atoms with Gasteiger partial charge in [0.25, 0.3) is 0 Å². The third-order valence-electron chi connectivity index (χ3n) is 8.78. The van der Waals surface area contributed by atoms with Crippen molar-refractivity contribution in [3.05, 3.63) is 83.1 Å². The SMILES string of the molecule is CCN1CCCC1Cn1c(CN2CCC(Oc3cccc(COc4ccc(C#N)cc4F)n3)CC2)nc2ccc(C(=O)O)cc21. The molecule has 234 valence electrons. The van der Waals surface area contributed by atoms with Gasteiger partial charge >= 0.3 is 5.97 Å². The predicted molar refractivity (Wildman–Crippen MR) is 166 cm³/mol. The third-order valence-corrected chi connectivity index (χ3v) is 8.78. The van der Waals surface area contributed by atoms with Gasteiger partial charge in [0.2, 0.25) is 5.88 Å². The van der Waals surface area contributed by atoms with E-state index < -0.39 is 11.8 Å². The highest BCUT2D eigenvalue weighted by Crippen LogP contribution is 2.26. The molecule has 2 aliphatic rings. The minimum absolute atomic E-state index is 0.00873. The number of rotatable bonds is 11. The molecule has 2 aromatic carbocycles. The Morgan fingerprint density at radius 2 is 1.93 bits per heavy atom. The monoisotopic (exact) mass is 612 g/mol. The number of nitriles is 1. The van der Waals surface area contributed by atoms with Crippen LogP contribution in [0.4, 0.5) is 4.39 Å². The van der Waals surface area contributed by atoms with Crippen molar-refractivity contribution in [3.8, 4) is 17.7 Å². The Morgan fingerprint density at radius 3 is 2.69 bits per heavy atom. The Balaban J connectivity index is 1.08. The number of carboxylic acids is 1. The summed E-state index contributed by atoms with van der Waals surface area (Å²) in [4.78, 5) is 26.1. The maximum Gasteiger partial charge on any atom is 0.335 e. The van der Waals surface area contributed by atoms with Crippen molar-refractivity contribution in [3.63, 3.8) is 0 Å². The lowest BCUT2D eigenvalue weighted by Gasteiger charge is -2.32. The number of imidazole rings is 1. The molecule has 10 nitrogen and oxygen atoms in total. The summed E-state index contributed by atoms with van der Waals surface area (Å²) >= 11 is 0. The number of fused-ring (bicyclic) bond motifs is 1. The molecule has 2 fully saturated rings. The molecule has 0 saturated carbocycles. The number of hydrogen-bond acceptors (Lipinski definition) is 8. The first kappa shape index (κ1) is 30.5. The summed E-state index contributed by atoms with van der Waals surface area (Å²) in [6.45, 7) is 7.51. The molecule has 1 unspecified atom stereocenters. The van der Waals surface area contributed by atoms with E-state index in [-0.39, 0.29) is 29.6 Å². The smallest absolute Gasteiger partial charge is 0.335 e. The topological polar surface area (TPSA) is 117 Å². The summed E-state index contributed by atoms with van der Waals surface area (Å²) in [6, 6.07) is 17.1. The van der Waals surface area contributed by atoms with Crippen LogP contribution < -0.4 is 9.47 Å². The van der Waals surface area contributed by atoms with E-state index >= 15 is 0 Å². The first-order chi connectivity index (χ1) is 21.9. The third kappa shape index (κ3) is 7.08. The van der Waals surface area contributed by atoms with Crippen LogP contribution in [0, 0.1) is 17.1 Å². The van der Waals surface area contributed by atoms with Crippen molar-refractivity contribution in [1.29, 1.82) is 5.26 Å². The Bertz CT molecular complexity index is 1710. The summed E-state index contributed by atoms with van der Waals surface area (Å²) in [7, 11) is 0. The molecule has 1 atom stereocenters. The first-order valence-electron chi connectivity index (χ1n) is 15.5. The molecule has 2 saturated heterocycles. The van der Waals surface area contributed by atoms with Gasteiger partial charge in [0, 0.05) is 31.7 Å². The molecule has 0 radical (unpaired) electrons. The van der Waals surface area contributed by atoms with Crippen LogP contribution >= 0.6 is 0 Å². The van der Waals surface area contributed by atoms with E-state index in [2.05, 4.69) is 26.3 Å². The molecule has 0 amide bonds. The Kier molecular flexibility index (Phi) is 9.23. The van der Waals surface area contributed by atoms with E-state index in [1.807, 2.05) is 24.3 Å². The Morgan fingerprint density at radius 1 is 1.09 bits per heavy atom.